The smallest absolute Gasteiger partial charge is 0.168 e. The molecule has 0 heterocycles. The van der Waals surface area contributed by atoms with E-state index in [9.17, 15) is 8.78 Å². The predicted molar refractivity (Wildman–Crippen MR) is 62.0 cm³/mol. The van der Waals surface area contributed by atoms with Gasteiger partial charge in [0.2, 0.25) is 0 Å². The first-order valence-electron chi connectivity index (χ1n) is 5.02. The van der Waals surface area contributed by atoms with Crippen LogP contribution in [0.4, 0.5) is 14.5 Å². The van der Waals surface area contributed by atoms with E-state index in [2.05, 4.69) is 0 Å². The summed E-state index contributed by atoms with van der Waals surface area (Å²) in [5.74, 6) is -1.50. The van der Waals surface area contributed by atoms with Crippen LogP contribution in [-0.4, -0.2) is 0 Å². The molecule has 0 amide bonds. The highest BCUT2D eigenvalue weighted by molar-refractivity contribution is 5.61. The molecule has 2 aromatic rings. The Labute approximate surface area is 102 Å². The van der Waals surface area contributed by atoms with Crippen LogP contribution in [-0.2, 0) is 0 Å². The van der Waals surface area contributed by atoms with Crippen molar-refractivity contribution in [2.24, 2.45) is 0 Å². The summed E-state index contributed by atoms with van der Waals surface area (Å²) in [5, 5.41) is 8.90. The van der Waals surface area contributed by atoms with Crippen molar-refractivity contribution in [3.63, 3.8) is 0 Å². The Bertz CT molecular complexity index is 615. The number of nitrogen functional groups attached to an aromatic ring is 1. The topological polar surface area (TPSA) is 59.0 Å². The molecule has 2 N–H and O–H groups in total. The van der Waals surface area contributed by atoms with E-state index in [1.54, 1.807) is 6.07 Å². The van der Waals surface area contributed by atoms with Gasteiger partial charge in [-0.2, -0.15) is 5.26 Å². The van der Waals surface area contributed by atoms with Crippen LogP contribution in [0.1, 0.15) is 5.56 Å². The van der Waals surface area contributed by atoms with Crippen LogP contribution in [0.3, 0.4) is 0 Å². The number of ether oxygens (including phenoxy) is 1. The lowest BCUT2D eigenvalue weighted by Gasteiger charge is -2.10. The molecule has 3 nitrogen and oxygen atoms in total. The molecule has 0 bridgehead atoms. The molecule has 90 valence electrons. The number of halogens is 2. The molecule has 0 atom stereocenters. The van der Waals surface area contributed by atoms with Gasteiger partial charge in [-0.3, -0.25) is 0 Å². The largest absolute Gasteiger partial charge is 0.454 e. The summed E-state index contributed by atoms with van der Waals surface area (Å²) in [6, 6.07) is 9.27. The van der Waals surface area contributed by atoms with Crippen LogP contribution in [0.5, 0.6) is 11.5 Å². The van der Waals surface area contributed by atoms with Gasteiger partial charge in [0.1, 0.15) is 23.5 Å². The number of hydrogen-bond donors (Lipinski definition) is 1. The quantitative estimate of drug-likeness (QED) is 0.827. The van der Waals surface area contributed by atoms with Crippen molar-refractivity contribution < 1.29 is 13.5 Å². The second-order valence-corrected chi connectivity index (χ2v) is 3.54. The van der Waals surface area contributed by atoms with Gasteiger partial charge in [-0.15, -0.1) is 0 Å². The van der Waals surface area contributed by atoms with E-state index in [1.807, 2.05) is 6.07 Å². The summed E-state index contributed by atoms with van der Waals surface area (Å²) in [7, 11) is 0. The fraction of sp³-hybridized carbons (Fsp3) is 0. The van der Waals surface area contributed by atoms with Crippen LogP contribution in [0, 0.1) is 23.0 Å². The van der Waals surface area contributed by atoms with E-state index in [1.165, 1.54) is 12.1 Å². The Hall–Kier alpha value is -2.61. The number of anilines is 1. The number of nitriles is 1. The van der Waals surface area contributed by atoms with Gasteiger partial charge in [0.05, 0.1) is 11.3 Å². The first-order valence-corrected chi connectivity index (χ1v) is 5.02. The van der Waals surface area contributed by atoms with E-state index in [0.717, 1.165) is 18.2 Å². The molecule has 0 saturated heterocycles. The third kappa shape index (κ3) is 2.38. The molecule has 0 aliphatic heterocycles. The molecule has 2 aromatic carbocycles. The van der Waals surface area contributed by atoms with Gasteiger partial charge in [-0.1, -0.05) is 6.07 Å². The average Bonchev–Trinajstić information content (AvgIpc) is 2.30. The van der Waals surface area contributed by atoms with Crippen molar-refractivity contribution in [1.82, 2.24) is 0 Å². The Morgan fingerprint density at radius 1 is 1.11 bits per heavy atom. The van der Waals surface area contributed by atoms with Gasteiger partial charge in [0, 0.05) is 18.2 Å². The Balaban J connectivity index is 2.43. The third-order valence-corrected chi connectivity index (χ3v) is 2.22. The van der Waals surface area contributed by atoms with Gasteiger partial charge < -0.3 is 10.5 Å². The molecule has 2 rings (SSSR count). The molecule has 0 aliphatic carbocycles. The number of nitrogens with zero attached hydrogens (tertiary/aromatic N) is 1. The minimum absolute atomic E-state index is 0.0538. The molecule has 0 unspecified atom stereocenters. The monoisotopic (exact) mass is 246 g/mol. The lowest BCUT2D eigenvalue weighted by Crippen LogP contribution is -1.95. The zero-order valence-electron chi connectivity index (χ0n) is 9.15. The van der Waals surface area contributed by atoms with Gasteiger partial charge in [0.25, 0.3) is 0 Å². The summed E-state index contributed by atoms with van der Waals surface area (Å²) in [6.45, 7) is 0. The Morgan fingerprint density at radius 2 is 1.78 bits per heavy atom. The van der Waals surface area contributed by atoms with E-state index >= 15 is 0 Å². The predicted octanol–water partition coefficient (Wildman–Crippen LogP) is 3.21. The molecule has 0 aliphatic rings. The highest BCUT2D eigenvalue weighted by Crippen LogP contribution is 2.31. The number of nitrogens with two attached hydrogens (primary N) is 1. The van der Waals surface area contributed by atoms with Crippen LogP contribution in [0.2, 0.25) is 0 Å². The first-order chi connectivity index (χ1) is 8.60. The molecule has 0 radical (unpaired) electrons. The van der Waals surface area contributed by atoms with Crippen molar-refractivity contribution >= 4 is 5.69 Å². The number of rotatable bonds is 2. The van der Waals surface area contributed by atoms with E-state index in [-0.39, 0.29) is 22.7 Å². The average molecular weight is 246 g/mol. The fourth-order valence-corrected chi connectivity index (χ4v) is 1.46. The van der Waals surface area contributed by atoms with E-state index in [4.69, 9.17) is 15.7 Å². The zero-order chi connectivity index (χ0) is 13.1. The highest BCUT2D eigenvalue weighted by atomic mass is 19.1. The molecule has 5 heteroatoms. The second-order valence-electron chi connectivity index (χ2n) is 3.54. The Kier molecular flexibility index (Phi) is 3.11. The van der Waals surface area contributed by atoms with Gasteiger partial charge in [-0.05, 0) is 12.1 Å². The highest BCUT2D eigenvalue weighted by Gasteiger charge is 2.10. The minimum atomic E-state index is -0.766. The minimum Gasteiger partial charge on any atom is -0.454 e. The van der Waals surface area contributed by atoms with Gasteiger partial charge >= 0.3 is 0 Å². The standard InChI is InChI=1S/C13H8F2N2O/c14-9-4-10(15)6-11(5-9)18-13-8(7-16)2-1-3-12(13)17/h1-6H,17H2. The maximum absolute atomic E-state index is 13.0. The van der Waals surface area contributed by atoms with Gasteiger partial charge in [0.15, 0.2) is 5.75 Å². The molecular weight excluding hydrogens is 238 g/mol. The number of para-hydroxylation sites is 1. The zero-order valence-corrected chi connectivity index (χ0v) is 9.15. The summed E-state index contributed by atoms with van der Waals surface area (Å²) < 4.78 is 31.3. The maximum atomic E-state index is 13.0. The first kappa shape index (κ1) is 11.9. The van der Waals surface area contributed by atoms with Crippen molar-refractivity contribution in [1.29, 1.82) is 5.26 Å². The van der Waals surface area contributed by atoms with Crippen LogP contribution in [0.25, 0.3) is 0 Å². The van der Waals surface area contributed by atoms with Crippen LogP contribution in [0.15, 0.2) is 36.4 Å². The molecule has 0 spiro atoms. The van der Waals surface area contributed by atoms with Crippen molar-refractivity contribution in [3.05, 3.63) is 53.6 Å². The van der Waals surface area contributed by atoms with E-state index in [0.29, 0.717) is 0 Å². The van der Waals surface area contributed by atoms with Gasteiger partial charge in [-0.25, -0.2) is 8.78 Å². The second kappa shape index (κ2) is 4.72. The third-order valence-electron chi connectivity index (χ3n) is 2.22. The summed E-state index contributed by atoms with van der Waals surface area (Å²) in [5.41, 5.74) is 6.07. The molecule has 18 heavy (non-hydrogen) atoms. The normalized spacial score (nSPS) is 9.83. The molecule has 0 saturated carbocycles. The van der Waals surface area contributed by atoms with Crippen LogP contribution < -0.4 is 10.5 Å². The van der Waals surface area contributed by atoms with Crippen molar-refractivity contribution in [3.8, 4) is 17.6 Å². The Morgan fingerprint density at radius 3 is 2.39 bits per heavy atom. The van der Waals surface area contributed by atoms with E-state index < -0.39 is 11.6 Å². The van der Waals surface area contributed by atoms with Crippen molar-refractivity contribution in [2.75, 3.05) is 5.73 Å². The summed E-state index contributed by atoms with van der Waals surface area (Å²) in [4.78, 5) is 0. The fourth-order valence-electron chi connectivity index (χ4n) is 1.46. The lowest BCUT2D eigenvalue weighted by molar-refractivity contribution is 0.469. The number of benzene rings is 2. The molecular formula is C13H8F2N2O. The summed E-state index contributed by atoms with van der Waals surface area (Å²) in [6.07, 6.45) is 0. The van der Waals surface area contributed by atoms with Crippen molar-refractivity contribution in [2.45, 2.75) is 0 Å². The summed E-state index contributed by atoms with van der Waals surface area (Å²) >= 11 is 0. The molecule has 0 fully saturated rings. The molecule has 0 aromatic heterocycles. The maximum Gasteiger partial charge on any atom is 0.168 e. The lowest BCUT2D eigenvalue weighted by atomic mass is 10.2. The van der Waals surface area contributed by atoms with Crippen LogP contribution >= 0.6 is 0 Å². The number of hydrogen-bond acceptors (Lipinski definition) is 3. The SMILES string of the molecule is N#Cc1cccc(N)c1Oc1cc(F)cc(F)c1.